The smallest absolute Gasteiger partial charge is 0.0536 e. The van der Waals surface area contributed by atoms with Crippen molar-refractivity contribution < 1.29 is 5.11 Å². The third kappa shape index (κ3) is 1.77. The Morgan fingerprint density at radius 2 is 2.00 bits per heavy atom. The van der Waals surface area contributed by atoms with Crippen molar-refractivity contribution >= 4 is 10.9 Å². The van der Waals surface area contributed by atoms with E-state index in [0.29, 0.717) is 0 Å². The predicted octanol–water partition coefficient (Wildman–Crippen LogP) is 2.75. The maximum absolute atomic E-state index is 9.31. The van der Waals surface area contributed by atoms with Crippen molar-refractivity contribution in [2.75, 3.05) is 6.61 Å². The fraction of sp³-hybridized carbons (Fsp3) is 0.385. The summed E-state index contributed by atoms with van der Waals surface area (Å²) in [4.78, 5) is 3.35. The molecule has 1 aromatic carbocycles. The molecule has 2 N–H and O–H groups in total. The van der Waals surface area contributed by atoms with Crippen molar-refractivity contribution in [1.29, 1.82) is 0 Å². The van der Waals surface area contributed by atoms with Crippen LogP contribution >= 0.6 is 0 Å². The normalized spacial score (nSPS) is 12.3. The summed E-state index contributed by atoms with van der Waals surface area (Å²) in [6.07, 6.45) is 0. The first-order valence-corrected chi connectivity index (χ1v) is 5.24. The second kappa shape index (κ2) is 3.38. The lowest BCUT2D eigenvalue weighted by atomic mass is 9.91. The zero-order valence-corrected chi connectivity index (χ0v) is 9.46. The van der Waals surface area contributed by atoms with E-state index in [4.69, 9.17) is 0 Å². The van der Waals surface area contributed by atoms with Crippen LogP contribution < -0.4 is 0 Å². The number of hydrogen-bond acceptors (Lipinski definition) is 1. The number of aryl methyl sites for hydroxylation is 1. The molecule has 2 heteroatoms. The third-order valence-electron chi connectivity index (χ3n) is 2.90. The molecule has 0 fully saturated rings. The van der Waals surface area contributed by atoms with Gasteiger partial charge in [0.2, 0.25) is 0 Å². The molecule has 2 nitrogen and oxygen atoms in total. The zero-order valence-electron chi connectivity index (χ0n) is 9.46. The van der Waals surface area contributed by atoms with Gasteiger partial charge in [-0.15, -0.1) is 0 Å². The molecule has 15 heavy (non-hydrogen) atoms. The predicted molar refractivity (Wildman–Crippen MR) is 63.1 cm³/mol. The van der Waals surface area contributed by atoms with E-state index in [9.17, 15) is 5.11 Å². The highest BCUT2D eigenvalue weighted by Crippen LogP contribution is 2.26. The van der Waals surface area contributed by atoms with Crippen LogP contribution in [-0.4, -0.2) is 16.7 Å². The van der Waals surface area contributed by atoms with Crippen LogP contribution in [0.3, 0.4) is 0 Å². The van der Waals surface area contributed by atoms with Crippen molar-refractivity contribution in [2.24, 2.45) is 0 Å². The van der Waals surface area contributed by atoms with Gasteiger partial charge in [0.05, 0.1) is 6.61 Å². The molecule has 0 bridgehead atoms. The van der Waals surface area contributed by atoms with Crippen molar-refractivity contribution in [3.8, 4) is 0 Å². The summed E-state index contributed by atoms with van der Waals surface area (Å²) in [5.41, 5.74) is 3.28. The standard InChI is InChI=1S/C13H17NO/c1-9-4-5-11-10(6-9)7-12(14-11)13(2,3)8-15/h4-7,14-15H,8H2,1-3H3. The highest BCUT2D eigenvalue weighted by atomic mass is 16.3. The molecule has 2 rings (SSSR count). The van der Waals surface area contributed by atoms with Gasteiger partial charge < -0.3 is 10.1 Å². The van der Waals surface area contributed by atoms with Crippen molar-refractivity contribution in [3.63, 3.8) is 0 Å². The Labute approximate surface area is 89.9 Å². The monoisotopic (exact) mass is 203 g/mol. The summed E-state index contributed by atoms with van der Waals surface area (Å²) in [5, 5.41) is 10.5. The Balaban J connectivity index is 2.56. The van der Waals surface area contributed by atoms with Gasteiger partial charge in [-0.3, -0.25) is 0 Å². The van der Waals surface area contributed by atoms with Crippen LogP contribution in [0.2, 0.25) is 0 Å². The third-order valence-corrected chi connectivity index (χ3v) is 2.90. The van der Waals surface area contributed by atoms with Crippen molar-refractivity contribution in [2.45, 2.75) is 26.2 Å². The molecule has 0 radical (unpaired) electrons. The van der Waals surface area contributed by atoms with Gasteiger partial charge in [0.1, 0.15) is 0 Å². The second-order valence-electron chi connectivity index (χ2n) is 4.82. The number of nitrogens with one attached hydrogen (secondary N) is 1. The van der Waals surface area contributed by atoms with Crippen LogP contribution in [0.1, 0.15) is 25.1 Å². The molecule has 0 amide bonds. The maximum Gasteiger partial charge on any atom is 0.0536 e. The first-order valence-electron chi connectivity index (χ1n) is 5.24. The molecule has 2 aromatic rings. The number of aromatic amines is 1. The van der Waals surface area contributed by atoms with Gasteiger partial charge in [0.25, 0.3) is 0 Å². The largest absolute Gasteiger partial charge is 0.395 e. The van der Waals surface area contributed by atoms with Crippen molar-refractivity contribution in [1.82, 2.24) is 4.98 Å². The number of hydrogen-bond donors (Lipinski definition) is 2. The summed E-state index contributed by atoms with van der Waals surface area (Å²) in [6, 6.07) is 8.46. The van der Waals surface area contributed by atoms with E-state index < -0.39 is 0 Å². The topological polar surface area (TPSA) is 36.0 Å². The molecule has 1 aromatic heterocycles. The van der Waals surface area contributed by atoms with Gasteiger partial charge in [0.15, 0.2) is 0 Å². The first kappa shape index (κ1) is 10.2. The van der Waals surface area contributed by atoms with Gasteiger partial charge in [-0.25, -0.2) is 0 Å². The van der Waals surface area contributed by atoms with Crippen LogP contribution in [0.4, 0.5) is 0 Å². The van der Waals surface area contributed by atoms with E-state index >= 15 is 0 Å². The average Bonchev–Trinajstić information content (AvgIpc) is 2.61. The minimum absolute atomic E-state index is 0.152. The maximum atomic E-state index is 9.31. The highest BCUT2D eigenvalue weighted by molar-refractivity contribution is 5.81. The van der Waals surface area contributed by atoms with Crippen LogP contribution in [0.5, 0.6) is 0 Å². The minimum Gasteiger partial charge on any atom is -0.395 e. The van der Waals surface area contributed by atoms with Gasteiger partial charge in [-0.05, 0) is 30.5 Å². The van der Waals surface area contributed by atoms with Gasteiger partial charge >= 0.3 is 0 Å². The average molecular weight is 203 g/mol. The Kier molecular flexibility index (Phi) is 2.31. The number of H-pyrrole nitrogens is 1. The molecule has 0 saturated heterocycles. The molecule has 0 aliphatic carbocycles. The number of aromatic nitrogens is 1. The molecule has 0 unspecified atom stereocenters. The molecule has 1 heterocycles. The molecule has 0 atom stereocenters. The van der Waals surface area contributed by atoms with Crippen molar-refractivity contribution in [3.05, 3.63) is 35.5 Å². The van der Waals surface area contributed by atoms with E-state index in [1.54, 1.807) is 0 Å². The van der Waals surface area contributed by atoms with E-state index in [1.165, 1.54) is 10.9 Å². The first-order chi connectivity index (χ1) is 7.03. The number of aliphatic hydroxyl groups excluding tert-OH is 1. The van der Waals surface area contributed by atoms with Crippen LogP contribution in [0.15, 0.2) is 24.3 Å². The lowest BCUT2D eigenvalue weighted by Gasteiger charge is -2.19. The fourth-order valence-corrected chi connectivity index (χ4v) is 1.70. The summed E-state index contributed by atoms with van der Waals surface area (Å²) in [5.74, 6) is 0. The molecule has 80 valence electrons. The Morgan fingerprint density at radius 1 is 1.27 bits per heavy atom. The van der Waals surface area contributed by atoms with Gasteiger partial charge in [-0.2, -0.15) is 0 Å². The van der Waals surface area contributed by atoms with E-state index in [-0.39, 0.29) is 12.0 Å². The molecule has 0 aliphatic rings. The van der Waals surface area contributed by atoms with Crippen LogP contribution in [-0.2, 0) is 5.41 Å². The molecular formula is C13H17NO. The molecular weight excluding hydrogens is 186 g/mol. The Morgan fingerprint density at radius 3 is 2.67 bits per heavy atom. The highest BCUT2D eigenvalue weighted by Gasteiger charge is 2.21. The number of aliphatic hydroxyl groups is 1. The summed E-state index contributed by atoms with van der Waals surface area (Å²) >= 11 is 0. The molecule has 0 spiro atoms. The number of fused-ring (bicyclic) bond motifs is 1. The SMILES string of the molecule is Cc1ccc2[nH]c(C(C)(C)CO)cc2c1. The Bertz CT molecular complexity index is 482. The number of rotatable bonds is 2. The summed E-state index contributed by atoms with van der Waals surface area (Å²) < 4.78 is 0. The quantitative estimate of drug-likeness (QED) is 0.773. The van der Waals surface area contributed by atoms with E-state index in [0.717, 1.165) is 11.2 Å². The lowest BCUT2D eigenvalue weighted by Crippen LogP contribution is -2.22. The summed E-state index contributed by atoms with van der Waals surface area (Å²) in [6.45, 7) is 6.30. The lowest BCUT2D eigenvalue weighted by molar-refractivity contribution is 0.216. The minimum atomic E-state index is -0.201. The van der Waals surface area contributed by atoms with E-state index in [2.05, 4.69) is 36.2 Å². The van der Waals surface area contributed by atoms with Crippen LogP contribution in [0.25, 0.3) is 10.9 Å². The van der Waals surface area contributed by atoms with Gasteiger partial charge in [0, 0.05) is 16.6 Å². The van der Waals surface area contributed by atoms with Gasteiger partial charge in [-0.1, -0.05) is 25.5 Å². The molecule has 0 saturated carbocycles. The van der Waals surface area contributed by atoms with Crippen LogP contribution in [0, 0.1) is 6.92 Å². The van der Waals surface area contributed by atoms with E-state index in [1.807, 2.05) is 13.8 Å². The Hall–Kier alpha value is -1.28. The second-order valence-corrected chi connectivity index (χ2v) is 4.82. The zero-order chi connectivity index (χ0) is 11.1. The molecule has 0 aliphatic heterocycles. The summed E-state index contributed by atoms with van der Waals surface area (Å²) in [7, 11) is 0. The fourth-order valence-electron chi connectivity index (χ4n) is 1.70. The number of benzene rings is 1.